The Hall–Kier alpha value is -1.38. The van der Waals surface area contributed by atoms with Gasteiger partial charge in [0.25, 0.3) is 11.8 Å². The van der Waals surface area contributed by atoms with Crippen LogP contribution in [0.2, 0.25) is 0 Å². The van der Waals surface area contributed by atoms with Gasteiger partial charge in [-0.3, -0.25) is 14.9 Å². The second kappa shape index (κ2) is 5.30. The van der Waals surface area contributed by atoms with Crippen LogP contribution in [0.4, 0.5) is 0 Å². The summed E-state index contributed by atoms with van der Waals surface area (Å²) >= 11 is 0. The first kappa shape index (κ1) is 9.71. The van der Waals surface area contributed by atoms with Crippen molar-refractivity contribution in [3.63, 3.8) is 0 Å². The van der Waals surface area contributed by atoms with E-state index in [-0.39, 0.29) is 11.8 Å². The summed E-state index contributed by atoms with van der Waals surface area (Å²) in [6.45, 7) is 0. The first-order chi connectivity index (χ1) is 6.29. The molecule has 2 rings (SSSR count). The summed E-state index contributed by atoms with van der Waals surface area (Å²) in [5.41, 5.74) is 0. The molecule has 2 aliphatic rings. The lowest BCUT2D eigenvalue weighted by Crippen LogP contribution is -2.19. The van der Waals surface area contributed by atoms with E-state index >= 15 is 0 Å². The summed E-state index contributed by atoms with van der Waals surface area (Å²) in [6, 6.07) is 0. The van der Waals surface area contributed by atoms with Crippen LogP contribution in [0.5, 0.6) is 0 Å². The van der Waals surface area contributed by atoms with Crippen molar-refractivity contribution in [2.75, 3.05) is 0 Å². The van der Waals surface area contributed by atoms with Crippen LogP contribution >= 0.6 is 0 Å². The number of imide groups is 1. The van der Waals surface area contributed by atoms with Gasteiger partial charge in [-0.2, -0.15) is 0 Å². The van der Waals surface area contributed by atoms with E-state index in [1.165, 1.54) is 37.8 Å². The van der Waals surface area contributed by atoms with E-state index in [0.29, 0.717) is 0 Å². The van der Waals surface area contributed by atoms with Crippen LogP contribution < -0.4 is 5.32 Å². The van der Waals surface area contributed by atoms with E-state index in [2.05, 4.69) is 12.2 Å². The van der Waals surface area contributed by atoms with E-state index in [9.17, 15) is 9.59 Å². The highest BCUT2D eigenvalue weighted by molar-refractivity contribution is 6.12. The number of carbonyl (C=O) groups is 2. The Morgan fingerprint density at radius 2 is 1.38 bits per heavy atom. The van der Waals surface area contributed by atoms with E-state index < -0.39 is 0 Å². The highest BCUT2D eigenvalue weighted by atomic mass is 16.2. The third-order valence-electron chi connectivity index (χ3n) is 1.79. The molecule has 2 amide bonds. The fourth-order valence-electron chi connectivity index (χ4n) is 1.12. The fraction of sp³-hybridized carbons (Fsp3) is 0.400. The predicted octanol–water partition coefficient (Wildman–Crippen LogP) is 1.32. The molecule has 0 atom stereocenters. The van der Waals surface area contributed by atoms with E-state index in [0.717, 1.165) is 0 Å². The quantitative estimate of drug-likeness (QED) is 0.450. The Labute approximate surface area is 77.5 Å². The van der Waals surface area contributed by atoms with Gasteiger partial charge in [0.1, 0.15) is 0 Å². The van der Waals surface area contributed by atoms with Gasteiger partial charge in [-0.15, -0.1) is 0 Å². The predicted molar refractivity (Wildman–Crippen MR) is 49.9 cm³/mol. The lowest BCUT2D eigenvalue weighted by atomic mass is 10.1. The smallest absolute Gasteiger partial charge is 0.250 e. The van der Waals surface area contributed by atoms with Crippen molar-refractivity contribution in [1.82, 2.24) is 5.32 Å². The zero-order chi connectivity index (χ0) is 9.52. The molecule has 1 aliphatic carbocycles. The number of nitrogens with one attached hydrogen (secondary N) is 1. The molecule has 0 saturated heterocycles. The van der Waals surface area contributed by atoms with Crippen LogP contribution in [0.1, 0.15) is 25.7 Å². The van der Waals surface area contributed by atoms with E-state index in [1.54, 1.807) is 0 Å². The maximum atomic E-state index is 10.0. The van der Waals surface area contributed by atoms with Crippen LogP contribution in [-0.4, -0.2) is 11.8 Å². The summed E-state index contributed by atoms with van der Waals surface area (Å²) in [5, 5.41) is 2.03. The van der Waals surface area contributed by atoms with Gasteiger partial charge < -0.3 is 0 Å². The zero-order valence-electron chi connectivity index (χ0n) is 7.45. The van der Waals surface area contributed by atoms with Crippen molar-refractivity contribution in [1.29, 1.82) is 0 Å². The molecule has 0 bridgehead atoms. The van der Waals surface area contributed by atoms with E-state index in [1.807, 2.05) is 5.32 Å². The number of hydrogen-bond donors (Lipinski definition) is 1. The molecule has 0 spiro atoms. The second-order valence-corrected chi connectivity index (χ2v) is 2.94. The summed E-state index contributed by atoms with van der Waals surface area (Å²) in [4.78, 5) is 20.1. The molecule has 0 aromatic carbocycles. The highest BCUT2D eigenvalue weighted by Gasteiger charge is 2.06. The Bertz CT molecular complexity index is 230. The summed E-state index contributed by atoms with van der Waals surface area (Å²) in [5.74, 6) is -0.657. The van der Waals surface area contributed by atoms with Gasteiger partial charge in [0.05, 0.1) is 0 Å². The molecule has 0 unspecified atom stereocenters. The molecule has 0 radical (unpaired) electrons. The number of hydrogen-bond acceptors (Lipinski definition) is 2. The van der Waals surface area contributed by atoms with Crippen molar-refractivity contribution < 1.29 is 9.59 Å². The molecule has 0 aromatic rings. The average molecular weight is 179 g/mol. The third-order valence-corrected chi connectivity index (χ3v) is 1.79. The fourth-order valence-corrected chi connectivity index (χ4v) is 1.12. The van der Waals surface area contributed by atoms with Gasteiger partial charge in [0.2, 0.25) is 0 Å². The van der Waals surface area contributed by atoms with Gasteiger partial charge in [-0.05, 0) is 25.7 Å². The zero-order valence-corrected chi connectivity index (χ0v) is 7.45. The van der Waals surface area contributed by atoms with Crippen LogP contribution in [-0.2, 0) is 9.59 Å². The van der Waals surface area contributed by atoms with Crippen molar-refractivity contribution in [3.8, 4) is 0 Å². The Kier molecular flexibility index (Phi) is 3.96. The number of allylic oxidation sites excluding steroid dienone is 2. The molecule has 0 aromatic heterocycles. The molecule has 1 aliphatic heterocycles. The van der Waals surface area contributed by atoms with Crippen LogP contribution in [0.25, 0.3) is 0 Å². The van der Waals surface area contributed by atoms with Crippen molar-refractivity contribution in [3.05, 3.63) is 24.3 Å². The molecule has 13 heavy (non-hydrogen) atoms. The molecule has 3 heteroatoms. The number of carbonyl (C=O) groups excluding carboxylic acids is 2. The minimum atomic E-state index is -0.329. The maximum Gasteiger partial charge on any atom is 0.250 e. The van der Waals surface area contributed by atoms with Crippen LogP contribution in [0.3, 0.4) is 0 Å². The number of rotatable bonds is 0. The molecule has 0 fully saturated rings. The molecule has 1 N–H and O–H groups in total. The largest absolute Gasteiger partial charge is 0.289 e. The highest BCUT2D eigenvalue weighted by Crippen LogP contribution is 2.07. The Morgan fingerprint density at radius 1 is 0.923 bits per heavy atom. The minimum Gasteiger partial charge on any atom is -0.289 e. The third kappa shape index (κ3) is 4.25. The van der Waals surface area contributed by atoms with Crippen molar-refractivity contribution in [2.45, 2.75) is 25.7 Å². The normalized spacial score (nSPS) is 19.4. The second-order valence-electron chi connectivity index (χ2n) is 2.94. The average Bonchev–Trinajstić information content (AvgIpc) is 2.54. The first-order valence-electron chi connectivity index (χ1n) is 4.47. The Balaban J connectivity index is 0.000000132. The first-order valence-corrected chi connectivity index (χ1v) is 4.47. The van der Waals surface area contributed by atoms with Crippen LogP contribution in [0, 0.1) is 0 Å². The van der Waals surface area contributed by atoms with Gasteiger partial charge in [-0.25, -0.2) is 0 Å². The van der Waals surface area contributed by atoms with Crippen molar-refractivity contribution in [2.24, 2.45) is 0 Å². The van der Waals surface area contributed by atoms with Gasteiger partial charge in [0.15, 0.2) is 0 Å². The lowest BCUT2D eigenvalue weighted by Gasteiger charge is -1.97. The van der Waals surface area contributed by atoms with E-state index in [4.69, 9.17) is 0 Å². The van der Waals surface area contributed by atoms with Crippen molar-refractivity contribution >= 4 is 11.8 Å². The monoisotopic (exact) mass is 179 g/mol. The standard InChI is InChI=1S/C6H10.C4H3NO2/c1-2-4-6-5-3-1;6-3-1-2-4(7)5-3/h1-2H,3-6H2;1-2H,(H,5,6,7). The summed E-state index contributed by atoms with van der Waals surface area (Å²) < 4.78 is 0. The van der Waals surface area contributed by atoms with Gasteiger partial charge in [0, 0.05) is 12.2 Å². The summed E-state index contributed by atoms with van der Waals surface area (Å²) in [6.07, 6.45) is 12.4. The molecular formula is C10H13NO2. The summed E-state index contributed by atoms with van der Waals surface area (Å²) in [7, 11) is 0. The van der Waals surface area contributed by atoms with Gasteiger partial charge >= 0.3 is 0 Å². The molecule has 3 nitrogen and oxygen atoms in total. The van der Waals surface area contributed by atoms with Gasteiger partial charge in [-0.1, -0.05) is 12.2 Å². The molecular weight excluding hydrogens is 166 g/mol. The number of amides is 2. The minimum absolute atomic E-state index is 0.329. The molecule has 1 heterocycles. The topological polar surface area (TPSA) is 46.2 Å². The lowest BCUT2D eigenvalue weighted by molar-refractivity contribution is -0.123. The van der Waals surface area contributed by atoms with Crippen LogP contribution in [0.15, 0.2) is 24.3 Å². The maximum absolute atomic E-state index is 10.0. The Morgan fingerprint density at radius 3 is 1.54 bits per heavy atom. The molecule has 70 valence electrons. The SMILES string of the molecule is C1=CCCCC1.O=C1C=CC(=O)N1. The molecule has 0 saturated carbocycles.